The number of hydrogen-bond acceptors (Lipinski definition) is 4. The number of carbonyl (C=O) groups excluding carboxylic acids is 1. The summed E-state index contributed by atoms with van der Waals surface area (Å²) in [7, 11) is 0. The maximum atomic E-state index is 12.8. The van der Waals surface area contributed by atoms with Gasteiger partial charge < -0.3 is 9.47 Å². The Kier molecular flexibility index (Phi) is 6.10. The Balaban J connectivity index is 3.17. The van der Waals surface area contributed by atoms with Gasteiger partial charge >= 0.3 is 12.3 Å². The average Bonchev–Trinajstić information content (AvgIpc) is 2.24. The van der Waals surface area contributed by atoms with Crippen molar-refractivity contribution in [2.45, 2.75) is 26.1 Å². The van der Waals surface area contributed by atoms with Gasteiger partial charge in [0.1, 0.15) is 0 Å². The van der Waals surface area contributed by atoms with E-state index in [9.17, 15) is 26.7 Å². The Labute approximate surface area is 129 Å². The van der Waals surface area contributed by atoms with Crippen molar-refractivity contribution >= 4 is 28.6 Å². The van der Waals surface area contributed by atoms with Gasteiger partial charge in [0.15, 0.2) is 0 Å². The van der Waals surface area contributed by atoms with Crippen LogP contribution >= 0.6 is 22.6 Å². The number of aromatic nitrogens is 1. The maximum absolute atomic E-state index is 12.8. The minimum atomic E-state index is -5.16. The molecule has 0 saturated heterocycles. The molecule has 0 radical (unpaired) electrons. The zero-order chi connectivity index (χ0) is 16.2. The predicted molar refractivity (Wildman–Crippen MR) is 68.9 cm³/mol. The maximum Gasteiger partial charge on any atom is 0.574 e. The highest BCUT2D eigenvalue weighted by Crippen LogP contribution is 2.35. The van der Waals surface area contributed by atoms with Gasteiger partial charge in [0.25, 0.3) is 6.43 Å². The summed E-state index contributed by atoms with van der Waals surface area (Å²) in [5.74, 6) is -1.99. The molecule has 0 amide bonds. The molecule has 0 aliphatic carbocycles. The number of halogens is 6. The fraction of sp³-hybridized carbons (Fsp3) is 0.455. The van der Waals surface area contributed by atoms with Gasteiger partial charge in [-0.3, -0.25) is 4.79 Å². The lowest BCUT2D eigenvalue weighted by Gasteiger charge is -2.14. The van der Waals surface area contributed by atoms with Crippen LogP contribution in [-0.4, -0.2) is 23.9 Å². The molecule has 1 rings (SSSR count). The monoisotopic (exact) mass is 425 g/mol. The number of alkyl halides is 5. The Morgan fingerprint density at radius 1 is 1.43 bits per heavy atom. The Bertz CT molecular complexity index is 521. The molecule has 0 spiro atoms. The molecule has 1 heterocycles. The van der Waals surface area contributed by atoms with Crippen LogP contribution in [0.25, 0.3) is 0 Å². The second kappa shape index (κ2) is 7.18. The first-order chi connectivity index (χ1) is 9.64. The molecule has 0 N–H and O–H groups in total. The molecule has 0 saturated carbocycles. The van der Waals surface area contributed by atoms with Gasteiger partial charge in [-0.15, -0.1) is 13.2 Å². The first-order valence-corrected chi connectivity index (χ1v) is 6.60. The average molecular weight is 425 g/mol. The number of ether oxygens (including phenoxy) is 2. The van der Waals surface area contributed by atoms with Crippen LogP contribution in [0.1, 0.15) is 24.6 Å². The fourth-order valence-corrected chi connectivity index (χ4v) is 2.21. The highest BCUT2D eigenvalue weighted by molar-refractivity contribution is 14.1. The van der Waals surface area contributed by atoms with Crippen LogP contribution in [-0.2, 0) is 16.0 Å². The van der Waals surface area contributed by atoms with Crippen LogP contribution in [0, 0.1) is 3.57 Å². The zero-order valence-electron chi connectivity index (χ0n) is 10.5. The van der Waals surface area contributed by atoms with Crippen LogP contribution in [0.4, 0.5) is 22.0 Å². The molecule has 118 valence electrons. The van der Waals surface area contributed by atoms with Crippen molar-refractivity contribution in [1.29, 1.82) is 0 Å². The van der Waals surface area contributed by atoms with Gasteiger partial charge in [-0.25, -0.2) is 13.8 Å². The molecule has 4 nitrogen and oxygen atoms in total. The van der Waals surface area contributed by atoms with Gasteiger partial charge in [0, 0.05) is 3.57 Å². The largest absolute Gasteiger partial charge is 0.574 e. The third-order valence-corrected chi connectivity index (χ3v) is 2.98. The molecule has 0 aliphatic heterocycles. The summed E-state index contributed by atoms with van der Waals surface area (Å²) >= 11 is 1.43. The summed E-state index contributed by atoms with van der Waals surface area (Å²) in [5, 5.41) is 0. The molecule has 0 aromatic carbocycles. The van der Waals surface area contributed by atoms with E-state index in [0.29, 0.717) is 0 Å². The normalized spacial score (nSPS) is 11.6. The van der Waals surface area contributed by atoms with Crippen molar-refractivity contribution in [2.75, 3.05) is 6.61 Å². The number of esters is 1. The first-order valence-electron chi connectivity index (χ1n) is 5.52. The van der Waals surface area contributed by atoms with Crippen LogP contribution in [0.15, 0.2) is 6.07 Å². The minimum absolute atomic E-state index is 0.0803. The summed E-state index contributed by atoms with van der Waals surface area (Å²) in [6, 6.07) is 1.09. The lowest BCUT2D eigenvalue weighted by atomic mass is 10.2. The van der Waals surface area contributed by atoms with Crippen molar-refractivity contribution in [3.05, 3.63) is 20.9 Å². The Hall–Kier alpha value is -1.20. The molecule has 0 aliphatic rings. The SMILES string of the molecule is CCOC(=O)Cc1cc(I)c(C(F)F)c(OC(F)(F)F)n1. The highest BCUT2D eigenvalue weighted by atomic mass is 127. The number of hydrogen-bond donors (Lipinski definition) is 0. The van der Waals surface area contributed by atoms with Crippen LogP contribution < -0.4 is 4.74 Å². The fourth-order valence-electron chi connectivity index (χ4n) is 1.38. The summed E-state index contributed by atoms with van der Waals surface area (Å²) in [6.07, 6.45) is -8.80. The molecule has 0 fully saturated rings. The summed E-state index contributed by atoms with van der Waals surface area (Å²) in [4.78, 5) is 14.6. The van der Waals surface area contributed by atoms with Crippen LogP contribution in [0.3, 0.4) is 0 Å². The van der Waals surface area contributed by atoms with Gasteiger partial charge in [0.2, 0.25) is 5.88 Å². The predicted octanol–water partition coefficient (Wildman–Crippen LogP) is 3.63. The summed E-state index contributed by atoms with van der Waals surface area (Å²) < 4.78 is 70.2. The summed E-state index contributed by atoms with van der Waals surface area (Å²) in [6.45, 7) is 1.63. The van der Waals surface area contributed by atoms with E-state index in [-0.39, 0.29) is 15.9 Å². The lowest BCUT2D eigenvalue weighted by Crippen LogP contribution is -2.20. The molecule has 10 heteroatoms. The zero-order valence-corrected chi connectivity index (χ0v) is 12.7. The van der Waals surface area contributed by atoms with E-state index in [0.717, 1.165) is 6.07 Å². The van der Waals surface area contributed by atoms with Gasteiger partial charge in [-0.05, 0) is 35.6 Å². The highest BCUT2D eigenvalue weighted by Gasteiger charge is 2.35. The second-order valence-electron chi connectivity index (χ2n) is 3.64. The third-order valence-electron chi connectivity index (χ3n) is 2.09. The quantitative estimate of drug-likeness (QED) is 0.411. The van der Waals surface area contributed by atoms with E-state index in [1.807, 2.05) is 0 Å². The molecule has 0 bridgehead atoms. The molecule has 1 aromatic heterocycles. The van der Waals surface area contributed by atoms with E-state index in [4.69, 9.17) is 0 Å². The van der Waals surface area contributed by atoms with E-state index < -0.39 is 36.6 Å². The van der Waals surface area contributed by atoms with Gasteiger partial charge in [-0.2, -0.15) is 0 Å². The van der Waals surface area contributed by atoms with Crippen LogP contribution in [0.5, 0.6) is 5.88 Å². The van der Waals surface area contributed by atoms with Crippen molar-refractivity contribution in [1.82, 2.24) is 4.98 Å². The smallest absolute Gasteiger partial charge is 0.466 e. The standard InChI is InChI=1S/C11H9F5INO3/c1-2-20-7(19)4-5-3-6(17)8(9(12)13)10(18-5)21-11(14,15)16/h3,9H,2,4H2,1H3. The van der Waals surface area contributed by atoms with Crippen molar-refractivity contribution < 1.29 is 36.2 Å². The number of carbonyl (C=O) groups is 1. The lowest BCUT2D eigenvalue weighted by molar-refractivity contribution is -0.276. The second-order valence-corrected chi connectivity index (χ2v) is 4.81. The summed E-state index contributed by atoms with van der Waals surface area (Å²) in [5.41, 5.74) is -1.12. The topological polar surface area (TPSA) is 48.4 Å². The molecular formula is C11H9F5INO3. The van der Waals surface area contributed by atoms with E-state index in [1.54, 1.807) is 6.92 Å². The molecule has 0 atom stereocenters. The van der Waals surface area contributed by atoms with Gasteiger partial charge in [0.05, 0.1) is 24.3 Å². The number of pyridine rings is 1. The number of rotatable bonds is 5. The van der Waals surface area contributed by atoms with Crippen LogP contribution in [0.2, 0.25) is 0 Å². The molecule has 21 heavy (non-hydrogen) atoms. The van der Waals surface area contributed by atoms with Crippen molar-refractivity contribution in [3.8, 4) is 5.88 Å². The van der Waals surface area contributed by atoms with E-state index >= 15 is 0 Å². The van der Waals surface area contributed by atoms with Crippen molar-refractivity contribution in [2.24, 2.45) is 0 Å². The van der Waals surface area contributed by atoms with E-state index in [1.165, 1.54) is 22.6 Å². The first kappa shape index (κ1) is 17.9. The Morgan fingerprint density at radius 3 is 2.52 bits per heavy atom. The minimum Gasteiger partial charge on any atom is -0.466 e. The van der Waals surface area contributed by atoms with Crippen molar-refractivity contribution in [3.63, 3.8) is 0 Å². The van der Waals surface area contributed by atoms with E-state index in [2.05, 4.69) is 14.5 Å². The third kappa shape index (κ3) is 5.59. The Morgan fingerprint density at radius 2 is 2.05 bits per heavy atom. The van der Waals surface area contributed by atoms with Gasteiger partial charge in [-0.1, -0.05) is 0 Å². The molecular weight excluding hydrogens is 416 g/mol. The molecule has 1 aromatic rings. The molecule has 0 unspecified atom stereocenters. The number of nitrogens with zero attached hydrogens (tertiary/aromatic N) is 1.